The molecule has 0 radical (unpaired) electrons. The number of ether oxygens (including phenoxy) is 1. The summed E-state index contributed by atoms with van der Waals surface area (Å²) in [5, 5.41) is 6.10. The van der Waals surface area contributed by atoms with Crippen molar-refractivity contribution in [3.8, 4) is 0 Å². The first-order valence-electron chi connectivity index (χ1n) is 6.31. The Balaban J connectivity index is 2.05. The van der Waals surface area contributed by atoms with Crippen molar-refractivity contribution in [2.24, 2.45) is 0 Å². The molecule has 0 spiro atoms. The zero-order valence-electron chi connectivity index (χ0n) is 10.6. The van der Waals surface area contributed by atoms with E-state index in [-0.39, 0.29) is 0 Å². The molecule has 1 aromatic heterocycles. The summed E-state index contributed by atoms with van der Waals surface area (Å²) in [7, 11) is 1.71. The minimum absolute atomic E-state index is 0.571. The molecule has 2 nitrogen and oxygen atoms in total. The van der Waals surface area contributed by atoms with Crippen LogP contribution < -0.4 is 5.32 Å². The highest BCUT2D eigenvalue weighted by atomic mass is 35.5. The van der Waals surface area contributed by atoms with E-state index < -0.39 is 0 Å². The Hall–Kier alpha value is -0.320. The average Bonchev–Trinajstić information content (AvgIpc) is 3.15. The summed E-state index contributed by atoms with van der Waals surface area (Å²) in [4.78, 5) is 1.28. The third kappa shape index (κ3) is 2.76. The van der Waals surface area contributed by atoms with Gasteiger partial charge in [0, 0.05) is 40.5 Å². The van der Waals surface area contributed by atoms with Crippen LogP contribution in [0.5, 0.6) is 0 Å². The van der Waals surface area contributed by atoms with Gasteiger partial charge >= 0.3 is 0 Å². The van der Waals surface area contributed by atoms with E-state index in [0.717, 1.165) is 26.7 Å². The lowest BCUT2D eigenvalue weighted by Crippen LogP contribution is -2.15. The number of hydrogen-bond acceptors (Lipinski definition) is 3. The summed E-state index contributed by atoms with van der Waals surface area (Å²) in [5.41, 5.74) is 1.17. The second-order valence-electron chi connectivity index (χ2n) is 4.83. The van der Waals surface area contributed by atoms with Gasteiger partial charge in [0.25, 0.3) is 0 Å². The van der Waals surface area contributed by atoms with Crippen molar-refractivity contribution >= 4 is 44.6 Å². The molecular formula is C14H15Cl2NOS. The molecule has 0 amide bonds. The third-order valence-corrected chi connectivity index (χ3v) is 5.35. The minimum atomic E-state index is 0.571. The van der Waals surface area contributed by atoms with Gasteiger partial charge in [-0.3, -0.25) is 0 Å². The molecule has 1 aromatic carbocycles. The predicted octanol–water partition coefficient (Wildman–Crippen LogP) is 4.61. The Morgan fingerprint density at radius 3 is 2.74 bits per heavy atom. The van der Waals surface area contributed by atoms with Gasteiger partial charge < -0.3 is 10.1 Å². The van der Waals surface area contributed by atoms with Crippen molar-refractivity contribution in [3.63, 3.8) is 0 Å². The summed E-state index contributed by atoms with van der Waals surface area (Å²) in [6.45, 7) is 1.44. The number of hydrogen-bond donors (Lipinski definition) is 1. The second-order valence-corrected chi connectivity index (χ2v) is 6.74. The number of halogens is 2. The monoisotopic (exact) mass is 315 g/mol. The van der Waals surface area contributed by atoms with E-state index in [1.165, 1.54) is 23.3 Å². The zero-order valence-corrected chi connectivity index (χ0v) is 13.0. The van der Waals surface area contributed by atoms with Gasteiger partial charge in [-0.2, -0.15) is 0 Å². The molecule has 0 unspecified atom stereocenters. The van der Waals surface area contributed by atoms with Gasteiger partial charge in [0.05, 0.1) is 16.3 Å². The summed E-state index contributed by atoms with van der Waals surface area (Å²) >= 11 is 14.3. The minimum Gasteiger partial charge on any atom is -0.380 e. The van der Waals surface area contributed by atoms with Gasteiger partial charge in [0.15, 0.2) is 0 Å². The van der Waals surface area contributed by atoms with Crippen LogP contribution in [0, 0.1) is 0 Å². The van der Waals surface area contributed by atoms with Crippen LogP contribution in [0.4, 0.5) is 0 Å². The zero-order chi connectivity index (χ0) is 13.4. The molecule has 2 aromatic rings. The van der Waals surface area contributed by atoms with Crippen LogP contribution in [0.15, 0.2) is 12.1 Å². The molecule has 1 fully saturated rings. The molecule has 3 rings (SSSR count). The average molecular weight is 316 g/mol. The normalized spacial score (nSPS) is 15.3. The molecule has 1 aliphatic rings. The van der Waals surface area contributed by atoms with Crippen LogP contribution in [0.25, 0.3) is 10.1 Å². The van der Waals surface area contributed by atoms with E-state index >= 15 is 0 Å². The highest BCUT2D eigenvalue weighted by Crippen LogP contribution is 2.40. The van der Waals surface area contributed by atoms with E-state index in [4.69, 9.17) is 27.9 Å². The molecule has 102 valence electrons. The maximum Gasteiger partial charge on any atom is 0.0731 e. The molecular weight excluding hydrogens is 301 g/mol. The van der Waals surface area contributed by atoms with Crippen LogP contribution >= 0.6 is 34.5 Å². The first-order chi connectivity index (χ1) is 9.20. The number of fused-ring (bicyclic) bond motifs is 1. The number of nitrogens with one attached hydrogen (secondary N) is 1. The van der Waals surface area contributed by atoms with Crippen LogP contribution in [0.3, 0.4) is 0 Å². The summed E-state index contributed by atoms with van der Waals surface area (Å²) < 4.78 is 6.39. The topological polar surface area (TPSA) is 21.3 Å². The lowest BCUT2D eigenvalue weighted by Gasteiger charge is -2.05. The van der Waals surface area contributed by atoms with Crippen LogP contribution in [-0.2, 0) is 17.9 Å². The van der Waals surface area contributed by atoms with Gasteiger partial charge in [-0.1, -0.05) is 23.2 Å². The van der Waals surface area contributed by atoms with Gasteiger partial charge in [-0.05, 0) is 25.0 Å². The molecule has 0 saturated heterocycles. The van der Waals surface area contributed by atoms with Gasteiger partial charge in [-0.25, -0.2) is 0 Å². The summed E-state index contributed by atoms with van der Waals surface area (Å²) in [5.74, 6) is 0. The molecule has 1 aliphatic carbocycles. The number of rotatable bonds is 5. The van der Waals surface area contributed by atoms with E-state index in [1.807, 2.05) is 12.1 Å². The van der Waals surface area contributed by atoms with E-state index in [9.17, 15) is 0 Å². The molecule has 5 heteroatoms. The fraction of sp³-hybridized carbons (Fsp3) is 0.429. The Morgan fingerprint density at radius 1 is 1.32 bits per heavy atom. The first-order valence-corrected chi connectivity index (χ1v) is 7.88. The summed E-state index contributed by atoms with van der Waals surface area (Å²) in [6, 6.07) is 4.40. The fourth-order valence-electron chi connectivity index (χ4n) is 2.20. The van der Waals surface area contributed by atoms with E-state index in [2.05, 4.69) is 5.32 Å². The van der Waals surface area contributed by atoms with Gasteiger partial charge in [0.1, 0.15) is 0 Å². The van der Waals surface area contributed by atoms with Crippen molar-refractivity contribution in [3.05, 3.63) is 32.6 Å². The number of benzene rings is 1. The van der Waals surface area contributed by atoms with Gasteiger partial charge in [-0.15, -0.1) is 11.3 Å². The third-order valence-electron chi connectivity index (χ3n) is 3.34. The highest BCUT2D eigenvalue weighted by Gasteiger charge is 2.22. The standard InChI is InChI=1S/C14H15Cl2NOS/c1-18-7-9-12(6-17-8-2-3-8)19-14-11(16)5-4-10(15)13(9)14/h4-5,8,17H,2-3,6-7H2,1H3. The lowest BCUT2D eigenvalue weighted by atomic mass is 10.1. The maximum atomic E-state index is 6.33. The first kappa shape index (κ1) is 13.7. The Morgan fingerprint density at radius 2 is 2.05 bits per heavy atom. The molecule has 0 atom stereocenters. The van der Waals surface area contributed by atoms with Gasteiger partial charge in [0.2, 0.25) is 0 Å². The molecule has 0 aliphatic heterocycles. The van der Waals surface area contributed by atoms with Crippen LogP contribution in [0.2, 0.25) is 10.0 Å². The molecule has 1 N–H and O–H groups in total. The fourth-order valence-corrected chi connectivity index (χ4v) is 3.99. The SMILES string of the molecule is COCc1c(CNC2CC2)sc2c(Cl)ccc(Cl)c12. The van der Waals surface area contributed by atoms with Crippen molar-refractivity contribution in [2.75, 3.05) is 7.11 Å². The molecule has 1 heterocycles. The van der Waals surface area contributed by atoms with Crippen molar-refractivity contribution in [2.45, 2.75) is 32.0 Å². The number of methoxy groups -OCH3 is 1. The largest absolute Gasteiger partial charge is 0.380 e. The molecule has 0 bridgehead atoms. The van der Waals surface area contributed by atoms with Crippen LogP contribution in [0.1, 0.15) is 23.3 Å². The Labute approximate surface area is 126 Å². The maximum absolute atomic E-state index is 6.33. The predicted molar refractivity (Wildman–Crippen MR) is 82.4 cm³/mol. The number of thiophene rings is 1. The molecule has 19 heavy (non-hydrogen) atoms. The molecule has 1 saturated carbocycles. The van der Waals surface area contributed by atoms with Crippen molar-refractivity contribution in [1.82, 2.24) is 5.32 Å². The van der Waals surface area contributed by atoms with Crippen LogP contribution in [-0.4, -0.2) is 13.2 Å². The quantitative estimate of drug-likeness (QED) is 0.870. The highest BCUT2D eigenvalue weighted by molar-refractivity contribution is 7.20. The summed E-state index contributed by atoms with van der Waals surface area (Å²) in [6.07, 6.45) is 2.57. The lowest BCUT2D eigenvalue weighted by molar-refractivity contribution is 0.185. The smallest absolute Gasteiger partial charge is 0.0731 e. The Bertz CT molecular complexity index is 607. The van der Waals surface area contributed by atoms with Crippen molar-refractivity contribution in [1.29, 1.82) is 0 Å². The Kier molecular flexibility index (Phi) is 4.01. The van der Waals surface area contributed by atoms with E-state index in [1.54, 1.807) is 18.4 Å². The second kappa shape index (κ2) is 5.58. The van der Waals surface area contributed by atoms with Crippen molar-refractivity contribution < 1.29 is 4.74 Å². The van der Waals surface area contributed by atoms with E-state index in [0.29, 0.717) is 12.6 Å².